The van der Waals surface area contributed by atoms with E-state index in [1.165, 1.54) is 69.8 Å². The molecule has 0 aromatic heterocycles. The van der Waals surface area contributed by atoms with Crippen LogP contribution in [-0.4, -0.2) is 52.3 Å². The second-order valence-corrected chi connectivity index (χ2v) is 7.18. The second kappa shape index (κ2) is 13.4. The summed E-state index contributed by atoms with van der Waals surface area (Å²) in [5.74, 6) is 0.822. The second-order valence-electron chi connectivity index (χ2n) is 6.35. The predicted molar refractivity (Wildman–Crippen MR) is 93.1 cm³/mol. The van der Waals surface area contributed by atoms with Crippen LogP contribution in [0, 0.1) is 0 Å². The van der Waals surface area contributed by atoms with Gasteiger partial charge in [0.15, 0.2) is 12.4 Å². The molecule has 0 unspecified atom stereocenters. The lowest BCUT2D eigenvalue weighted by Crippen LogP contribution is -2.53. The summed E-state index contributed by atoms with van der Waals surface area (Å²) < 4.78 is 10.3. The third-order valence-electron chi connectivity index (χ3n) is 4.21. The summed E-state index contributed by atoms with van der Waals surface area (Å²) in [6, 6.07) is 0. The van der Waals surface area contributed by atoms with E-state index in [1.807, 2.05) is 0 Å². The van der Waals surface area contributed by atoms with Crippen molar-refractivity contribution < 1.29 is 24.2 Å². The Labute approximate surface area is 145 Å². The van der Waals surface area contributed by atoms with Gasteiger partial charge in [0, 0.05) is 5.75 Å². The molecule has 3 N–H and O–H groups in total. The molecule has 0 bridgehead atoms. The van der Waals surface area contributed by atoms with Crippen molar-refractivity contribution in [3.63, 3.8) is 0 Å². The Hall–Kier alpha value is 0.150. The maximum absolute atomic E-state index is 9.76. The summed E-state index contributed by atoms with van der Waals surface area (Å²) >= 11 is 1.24. The van der Waals surface area contributed by atoms with E-state index in [2.05, 4.69) is 6.92 Å². The minimum absolute atomic E-state index is 0.0642. The molecule has 4 atom stereocenters. The Morgan fingerprint density at radius 1 is 0.913 bits per heavy atom. The maximum Gasteiger partial charge on any atom is 0.185 e. The van der Waals surface area contributed by atoms with Gasteiger partial charge < -0.3 is 24.2 Å². The largest absolute Gasteiger partial charge is 0.388 e. The molecule has 0 saturated carbocycles. The average Bonchev–Trinajstić information content (AvgIpc) is 2.55. The van der Waals surface area contributed by atoms with Crippen LogP contribution in [0.25, 0.3) is 0 Å². The lowest BCUT2D eigenvalue weighted by atomic mass is 10.1. The molecule has 1 saturated heterocycles. The van der Waals surface area contributed by atoms with Gasteiger partial charge in [-0.25, -0.2) is 0 Å². The number of ether oxygens (including phenoxy) is 1. The molecule has 1 heterocycles. The number of aliphatic hydroxyl groups excluding tert-OH is 3. The molecule has 1 aliphatic heterocycles. The van der Waals surface area contributed by atoms with Crippen LogP contribution in [0.4, 0.5) is 0 Å². The summed E-state index contributed by atoms with van der Waals surface area (Å²) in [5, 5.41) is 28.8. The van der Waals surface area contributed by atoms with E-state index in [1.54, 1.807) is 0 Å². The highest BCUT2D eigenvalue weighted by Gasteiger charge is 2.39. The van der Waals surface area contributed by atoms with Gasteiger partial charge in [-0.15, -0.1) is 0 Å². The van der Waals surface area contributed by atoms with E-state index in [4.69, 9.17) is 8.92 Å². The van der Waals surface area contributed by atoms with Crippen molar-refractivity contribution in [3.8, 4) is 0 Å². The SMILES string of the molecule is CCCCCCCCCCCCSO[C@@H]1[C@@H](O)[C@H](O)CO[C@H]1O. The molecule has 0 amide bonds. The van der Waals surface area contributed by atoms with E-state index in [9.17, 15) is 15.3 Å². The highest BCUT2D eigenvalue weighted by atomic mass is 32.2. The average molecular weight is 351 g/mol. The zero-order valence-corrected chi connectivity index (χ0v) is 15.2. The van der Waals surface area contributed by atoms with Gasteiger partial charge in [0.1, 0.15) is 12.2 Å². The first-order valence-corrected chi connectivity index (χ1v) is 10.0. The molecule has 1 aliphatic rings. The summed E-state index contributed by atoms with van der Waals surface area (Å²) in [4.78, 5) is 0. The van der Waals surface area contributed by atoms with Crippen LogP contribution in [0.15, 0.2) is 0 Å². The zero-order valence-electron chi connectivity index (χ0n) is 14.4. The van der Waals surface area contributed by atoms with Gasteiger partial charge in [0.2, 0.25) is 0 Å². The van der Waals surface area contributed by atoms with Crippen molar-refractivity contribution >= 4 is 12.0 Å². The number of aliphatic hydroxyl groups is 3. The van der Waals surface area contributed by atoms with Crippen LogP contribution in [0.3, 0.4) is 0 Å². The normalized spacial score (nSPS) is 28.2. The van der Waals surface area contributed by atoms with E-state index < -0.39 is 24.6 Å². The molecule has 0 aromatic carbocycles. The van der Waals surface area contributed by atoms with E-state index >= 15 is 0 Å². The summed E-state index contributed by atoms with van der Waals surface area (Å²) in [6.45, 7) is 2.18. The van der Waals surface area contributed by atoms with E-state index in [-0.39, 0.29) is 6.61 Å². The minimum Gasteiger partial charge on any atom is -0.388 e. The Bertz CT molecular complexity index is 280. The van der Waals surface area contributed by atoms with Crippen LogP contribution in [0.2, 0.25) is 0 Å². The van der Waals surface area contributed by atoms with Gasteiger partial charge in [0.05, 0.1) is 6.61 Å². The molecule has 23 heavy (non-hydrogen) atoms. The maximum atomic E-state index is 9.76. The van der Waals surface area contributed by atoms with Crippen LogP contribution < -0.4 is 0 Å². The molecule has 0 aliphatic carbocycles. The fourth-order valence-electron chi connectivity index (χ4n) is 2.66. The molecule has 6 heteroatoms. The first-order valence-electron chi connectivity index (χ1n) is 9.11. The molecule has 1 rings (SSSR count). The topological polar surface area (TPSA) is 79.2 Å². The van der Waals surface area contributed by atoms with Gasteiger partial charge in [-0.3, -0.25) is 0 Å². The van der Waals surface area contributed by atoms with Crippen molar-refractivity contribution in [2.24, 2.45) is 0 Å². The molecule has 0 radical (unpaired) electrons. The third-order valence-corrected chi connectivity index (χ3v) is 5.02. The Morgan fingerprint density at radius 3 is 2.09 bits per heavy atom. The van der Waals surface area contributed by atoms with Gasteiger partial charge in [0.25, 0.3) is 0 Å². The quantitative estimate of drug-likeness (QED) is 0.350. The first-order chi connectivity index (χ1) is 11.2. The minimum atomic E-state index is -1.17. The lowest BCUT2D eigenvalue weighted by molar-refractivity contribution is -0.242. The summed E-state index contributed by atoms with van der Waals surface area (Å²) in [5.41, 5.74) is 0. The van der Waals surface area contributed by atoms with Gasteiger partial charge in [-0.1, -0.05) is 64.7 Å². The molecule has 0 spiro atoms. The predicted octanol–water partition coefficient (Wildman–Crippen LogP) is 3.01. The highest BCUT2D eigenvalue weighted by molar-refractivity contribution is 7.94. The monoisotopic (exact) mass is 350 g/mol. The van der Waals surface area contributed by atoms with Crippen LogP contribution in [0.5, 0.6) is 0 Å². The summed E-state index contributed by atoms with van der Waals surface area (Å²) in [7, 11) is 0. The zero-order chi connectivity index (χ0) is 16.9. The third kappa shape index (κ3) is 9.27. The molecular weight excluding hydrogens is 316 g/mol. The van der Waals surface area contributed by atoms with Crippen molar-refractivity contribution in [2.75, 3.05) is 12.4 Å². The standard InChI is InChI=1S/C17H34O5S/c1-2-3-4-5-6-7-8-9-10-11-12-23-22-16-15(19)14(18)13-21-17(16)20/h14-20H,2-13H2,1H3/t14-,15+,16-,17-/m1/s1. The van der Waals surface area contributed by atoms with Crippen molar-refractivity contribution in [1.82, 2.24) is 0 Å². The van der Waals surface area contributed by atoms with E-state index in [0.29, 0.717) is 0 Å². The summed E-state index contributed by atoms with van der Waals surface area (Å²) in [6.07, 6.45) is 8.76. The smallest absolute Gasteiger partial charge is 0.185 e. The van der Waals surface area contributed by atoms with E-state index in [0.717, 1.165) is 12.2 Å². The molecule has 0 aromatic rings. The number of unbranched alkanes of at least 4 members (excludes halogenated alkanes) is 9. The molecule has 1 fully saturated rings. The first kappa shape index (κ1) is 21.2. The van der Waals surface area contributed by atoms with Crippen molar-refractivity contribution in [3.05, 3.63) is 0 Å². The Morgan fingerprint density at radius 2 is 1.48 bits per heavy atom. The van der Waals surface area contributed by atoms with Crippen LogP contribution >= 0.6 is 12.0 Å². The fraction of sp³-hybridized carbons (Fsp3) is 1.00. The Kier molecular flexibility index (Phi) is 12.4. The molecule has 5 nitrogen and oxygen atoms in total. The van der Waals surface area contributed by atoms with Crippen molar-refractivity contribution in [2.45, 2.75) is 95.7 Å². The van der Waals surface area contributed by atoms with Gasteiger partial charge >= 0.3 is 0 Å². The Balaban J connectivity index is 1.89. The van der Waals surface area contributed by atoms with Gasteiger partial charge in [-0.05, 0) is 18.5 Å². The number of rotatable bonds is 13. The van der Waals surface area contributed by atoms with Gasteiger partial charge in [-0.2, -0.15) is 0 Å². The number of hydrogen-bond acceptors (Lipinski definition) is 6. The van der Waals surface area contributed by atoms with Crippen LogP contribution in [0.1, 0.15) is 71.1 Å². The van der Waals surface area contributed by atoms with Crippen molar-refractivity contribution in [1.29, 1.82) is 0 Å². The highest BCUT2D eigenvalue weighted by Crippen LogP contribution is 2.22. The number of hydrogen-bond donors (Lipinski definition) is 3. The van der Waals surface area contributed by atoms with Crippen LogP contribution in [-0.2, 0) is 8.92 Å². The molecular formula is C17H34O5S. The fourth-order valence-corrected chi connectivity index (χ4v) is 3.44. The lowest BCUT2D eigenvalue weighted by Gasteiger charge is -2.34. The molecule has 138 valence electrons.